The Bertz CT molecular complexity index is 1030. The standard InChI is InChI=1S/C24H26N2O4/c1-28-22-16-20-19(4-3-5-21(20)25-27)23(24(22)29-2)18-8-6-17(7-9-18)10-11-26-12-14-30-15-13-26/h3-9,16H,10-15H2,1-2H3. The number of ether oxygens (including phenoxy) is 3. The van der Waals surface area contributed by atoms with Gasteiger partial charge in [0.25, 0.3) is 0 Å². The highest BCUT2D eigenvalue weighted by molar-refractivity contribution is 6.06. The fraction of sp³-hybridized carbons (Fsp3) is 0.333. The van der Waals surface area contributed by atoms with Gasteiger partial charge >= 0.3 is 0 Å². The van der Waals surface area contributed by atoms with Crippen molar-refractivity contribution in [3.05, 3.63) is 59.0 Å². The van der Waals surface area contributed by atoms with Crippen LogP contribution in [0.4, 0.5) is 5.69 Å². The Morgan fingerprint density at radius 2 is 1.77 bits per heavy atom. The fourth-order valence-electron chi connectivity index (χ4n) is 4.04. The molecule has 0 bridgehead atoms. The molecule has 1 heterocycles. The second kappa shape index (κ2) is 9.24. The summed E-state index contributed by atoms with van der Waals surface area (Å²) in [6.45, 7) is 4.66. The number of benzene rings is 3. The van der Waals surface area contributed by atoms with E-state index in [1.54, 1.807) is 20.3 Å². The van der Waals surface area contributed by atoms with Crippen LogP contribution in [0.25, 0.3) is 21.9 Å². The van der Waals surface area contributed by atoms with Crippen LogP contribution in [0, 0.1) is 4.91 Å². The molecule has 1 aliphatic heterocycles. The summed E-state index contributed by atoms with van der Waals surface area (Å²) in [5.74, 6) is 1.22. The molecule has 30 heavy (non-hydrogen) atoms. The van der Waals surface area contributed by atoms with Gasteiger partial charge in [-0.15, -0.1) is 4.91 Å². The summed E-state index contributed by atoms with van der Waals surface area (Å²) in [6, 6.07) is 15.9. The van der Waals surface area contributed by atoms with E-state index in [1.807, 2.05) is 18.2 Å². The number of hydrogen-bond donors (Lipinski definition) is 0. The molecule has 6 nitrogen and oxygen atoms in total. The smallest absolute Gasteiger partial charge is 0.169 e. The van der Waals surface area contributed by atoms with Crippen molar-refractivity contribution in [1.29, 1.82) is 0 Å². The van der Waals surface area contributed by atoms with Crippen LogP contribution < -0.4 is 9.47 Å². The zero-order valence-electron chi connectivity index (χ0n) is 17.4. The molecule has 0 N–H and O–H groups in total. The average molecular weight is 406 g/mol. The van der Waals surface area contributed by atoms with E-state index in [0.29, 0.717) is 17.2 Å². The fourth-order valence-corrected chi connectivity index (χ4v) is 4.04. The minimum atomic E-state index is 0.386. The molecule has 156 valence electrons. The molecule has 1 aliphatic rings. The third kappa shape index (κ3) is 4.01. The van der Waals surface area contributed by atoms with Gasteiger partial charge in [-0.25, -0.2) is 0 Å². The van der Waals surface area contributed by atoms with Crippen LogP contribution in [0.3, 0.4) is 0 Å². The minimum absolute atomic E-state index is 0.386. The third-order valence-corrected chi connectivity index (χ3v) is 5.66. The van der Waals surface area contributed by atoms with E-state index in [0.717, 1.165) is 61.2 Å². The number of hydrogen-bond acceptors (Lipinski definition) is 6. The van der Waals surface area contributed by atoms with Crippen LogP contribution >= 0.6 is 0 Å². The van der Waals surface area contributed by atoms with E-state index in [2.05, 4.69) is 34.3 Å². The van der Waals surface area contributed by atoms with Gasteiger partial charge in [-0.3, -0.25) is 4.90 Å². The van der Waals surface area contributed by atoms with Gasteiger partial charge in [0, 0.05) is 30.6 Å². The predicted molar refractivity (Wildman–Crippen MR) is 119 cm³/mol. The van der Waals surface area contributed by atoms with Crippen molar-refractivity contribution in [3.8, 4) is 22.6 Å². The van der Waals surface area contributed by atoms with E-state index in [1.165, 1.54) is 5.56 Å². The first-order chi connectivity index (χ1) is 14.7. The summed E-state index contributed by atoms with van der Waals surface area (Å²) in [4.78, 5) is 13.8. The van der Waals surface area contributed by atoms with Gasteiger partial charge in [0.1, 0.15) is 5.69 Å². The van der Waals surface area contributed by atoms with Crippen LogP contribution in [-0.4, -0.2) is 52.0 Å². The second-order valence-electron chi connectivity index (χ2n) is 7.35. The summed E-state index contributed by atoms with van der Waals surface area (Å²) in [5, 5.41) is 4.84. The molecule has 1 saturated heterocycles. The van der Waals surface area contributed by atoms with E-state index in [4.69, 9.17) is 14.2 Å². The van der Waals surface area contributed by atoms with Crippen LogP contribution in [-0.2, 0) is 11.2 Å². The molecule has 0 aromatic heterocycles. The van der Waals surface area contributed by atoms with Gasteiger partial charge < -0.3 is 14.2 Å². The van der Waals surface area contributed by atoms with Crippen LogP contribution in [0.5, 0.6) is 11.5 Å². The topological polar surface area (TPSA) is 60.4 Å². The number of nitroso groups, excluding NO2 is 1. The number of fused-ring (bicyclic) bond motifs is 1. The summed E-state index contributed by atoms with van der Waals surface area (Å²) in [6.07, 6.45) is 0.996. The SMILES string of the molecule is COc1cc2c(N=O)cccc2c(-c2ccc(CCN3CCOCC3)cc2)c1OC. The molecule has 0 spiro atoms. The highest BCUT2D eigenvalue weighted by atomic mass is 16.5. The molecule has 0 atom stereocenters. The summed E-state index contributed by atoms with van der Waals surface area (Å²) in [5.41, 5.74) is 3.58. The number of methoxy groups -OCH3 is 2. The average Bonchev–Trinajstić information content (AvgIpc) is 2.82. The lowest BCUT2D eigenvalue weighted by Crippen LogP contribution is -2.37. The van der Waals surface area contributed by atoms with Crippen molar-refractivity contribution in [1.82, 2.24) is 4.90 Å². The molecule has 0 aliphatic carbocycles. The molecule has 1 fully saturated rings. The maximum atomic E-state index is 11.3. The highest BCUT2D eigenvalue weighted by Gasteiger charge is 2.19. The first kappa shape index (κ1) is 20.3. The monoisotopic (exact) mass is 406 g/mol. The van der Waals surface area contributed by atoms with Gasteiger partial charge in [-0.05, 0) is 40.2 Å². The lowest BCUT2D eigenvalue weighted by molar-refractivity contribution is 0.0384. The number of nitrogens with zero attached hydrogens (tertiary/aromatic N) is 2. The van der Waals surface area contributed by atoms with Gasteiger partial charge in [-0.1, -0.05) is 36.4 Å². The third-order valence-electron chi connectivity index (χ3n) is 5.66. The number of morpholine rings is 1. The molecule has 0 amide bonds. The van der Waals surface area contributed by atoms with Crippen molar-refractivity contribution in [2.75, 3.05) is 47.1 Å². The number of rotatable bonds is 7. The minimum Gasteiger partial charge on any atom is -0.493 e. The largest absolute Gasteiger partial charge is 0.493 e. The van der Waals surface area contributed by atoms with Crippen LogP contribution in [0.15, 0.2) is 53.7 Å². The lowest BCUT2D eigenvalue weighted by Gasteiger charge is -2.26. The molecule has 0 unspecified atom stereocenters. The summed E-state index contributed by atoms with van der Waals surface area (Å²) < 4.78 is 16.7. The van der Waals surface area contributed by atoms with E-state index < -0.39 is 0 Å². The van der Waals surface area contributed by atoms with Gasteiger partial charge in [-0.2, -0.15) is 0 Å². The van der Waals surface area contributed by atoms with Crippen molar-refractivity contribution in [3.63, 3.8) is 0 Å². The summed E-state index contributed by atoms with van der Waals surface area (Å²) in [7, 11) is 3.23. The molecular formula is C24H26N2O4. The summed E-state index contributed by atoms with van der Waals surface area (Å²) >= 11 is 0. The second-order valence-corrected chi connectivity index (χ2v) is 7.35. The van der Waals surface area contributed by atoms with Gasteiger partial charge in [0.05, 0.1) is 27.4 Å². The molecule has 4 rings (SSSR count). The molecule has 0 saturated carbocycles. The molecular weight excluding hydrogens is 380 g/mol. The predicted octanol–water partition coefficient (Wildman–Crippen LogP) is 4.80. The van der Waals surface area contributed by atoms with Gasteiger partial charge in [0.2, 0.25) is 0 Å². The first-order valence-corrected chi connectivity index (χ1v) is 10.2. The van der Waals surface area contributed by atoms with Crippen molar-refractivity contribution >= 4 is 16.5 Å². The normalized spacial score (nSPS) is 14.6. The highest BCUT2D eigenvalue weighted by Crippen LogP contribution is 2.46. The van der Waals surface area contributed by atoms with Crippen LogP contribution in [0.2, 0.25) is 0 Å². The Kier molecular flexibility index (Phi) is 6.26. The Morgan fingerprint density at radius 3 is 2.43 bits per heavy atom. The van der Waals surface area contributed by atoms with E-state index in [9.17, 15) is 4.91 Å². The Balaban J connectivity index is 1.70. The molecule has 6 heteroatoms. The van der Waals surface area contributed by atoms with Crippen molar-refractivity contribution in [2.45, 2.75) is 6.42 Å². The molecule has 0 radical (unpaired) electrons. The van der Waals surface area contributed by atoms with Gasteiger partial charge in [0.15, 0.2) is 11.5 Å². The Morgan fingerprint density at radius 1 is 1.00 bits per heavy atom. The van der Waals surface area contributed by atoms with Crippen molar-refractivity contribution < 1.29 is 14.2 Å². The zero-order chi connectivity index (χ0) is 20.9. The quantitative estimate of drug-likeness (QED) is 0.528. The van der Waals surface area contributed by atoms with E-state index in [-0.39, 0.29) is 0 Å². The van der Waals surface area contributed by atoms with Crippen molar-refractivity contribution in [2.24, 2.45) is 5.18 Å². The Hall–Kier alpha value is -2.96. The van der Waals surface area contributed by atoms with Crippen LogP contribution in [0.1, 0.15) is 5.56 Å². The zero-order valence-corrected chi connectivity index (χ0v) is 17.4. The lowest BCUT2D eigenvalue weighted by atomic mass is 9.94. The molecule has 3 aromatic rings. The first-order valence-electron chi connectivity index (χ1n) is 10.2. The maximum absolute atomic E-state index is 11.3. The maximum Gasteiger partial charge on any atom is 0.169 e. The molecule has 3 aromatic carbocycles. The van der Waals surface area contributed by atoms with E-state index >= 15 is 0 Å². The Labute approximate surface area is 176 Å².